The van der Waals surface area contributed by atoms with Crippen LogP contribution in [-0.4, -0.2) is 46.0 Å². The second-order valence-corrected chi connectivity index (χ2v) is 5.34. The van der Waals surface area contributed by atoms with Gasteiger partial charge >= 0.3 is 6.03 Å². The van der Waals surface area contributed by atoms with Gasteiger partial charge in [0.25, 0.3) is 0 Å². The molecule has 1 aromatic rings. The van der Waals surface area contributed by atoms with E-state index in [1.807, 2.05) is 41.4 Å². The number of rotatable bonds is 2. The highest BCUT2D eigenvalue weighted by Gasteiger charge is 2.47. The van der Waals surface area contributed by atoms with Crippen LogP contribution in [0, 0.1) is 0 Å². The average Bonchev–Trinajstić information content (AvgIpc) is 2.83. The van der Waals surface area contributed by atoms with Crippen molar-refractivity contribution in [3.8, 4) is 0 Å². The third-order valence-corrected chi connectivity index (χ3v) is 3.97. The van der Waals surface area contributed by atoms with Crippen molar-refractivity contribution in [1.29, 1.82) is 0 Å². The van der Waals surface area contributed by atoms with Crippen LogP contribution in [0.4, 0.5) is 4.79 Å². The number of fused-ring (bicyclic) bond motifs is 1. The van der Waals surface area contributed by atoms with Crippen LogP contribution in [0.1, 0.15) is 18.9 Å². The first-order valence-electron chi connectivity index (χ1n) is 6.70. The van der Waals surface area contributed by atoms with Gasteiger partial charge in [0, 0.05) is 19.2 Å². The first-order valence-corrected chi connectivity index (χ1v) is 6.70. The fourth-order valence-corrected chi connectivity index (χ4v) is 2.70. The molecule has 2 heterocycles. The van der Waals surface area contributed by atoms with Gasteiger partial charge in [-0.25, -0.2) is 14.8 Å². The Bertz CT molecular complexity index is 583. The molecule has 1 atom stereocenters. The molecule has 2 amide bonds. The van der Waals surface area contributed by atoms with Crippen molar-refractivity contribution in [3.63, 3.8) is 0 Å². The van der Waals surface area contributed by atoms with Gasteiger partial charge in [-0.3, -0.25) is 5.01 Å². The van der Waals surface area contributed by atoms with Crippen LogP contribution in [0.15, 0.2) is 48.1 Å². The number of benzene rings is 1. The zero-order valence-electron chi connectivity index (χ0n) is 11.8. The fourth-order valence-electron chi connectivity index (χ4n) is 2.70. The maximum Gasteiger partial charge on any atom is 0.359 e. The zero-order valence-corrected chi connectivity index (χ0v) is 11.8. The van der Waals surface area contributed by atoms with Crippen molar-refractivity contribution in [3.05, 3.63) is 48.6 Å². The fraction of sp³-hybridized carbons (Fsp3) is 0.333. The first-order chi connectivity index (χ1) is 9.57. The zero-order chi connectivity index (χ0) is 14.3. The van der Waals surface area contributed by atoms with Crippen molar-refractivity contribution in [2.24, 2.45) is 5.10 Å². The number of amides is 2. The van der Waals surface area contributed by atoms with E-state index in [4.69, 9.17) is 0 Å². The summed E-state index contributed by atoms with van der Waals surface area (Å²) in [5.41, 5.74) is 0.706. The van der Waals surface area contributed by atoms with E-state index in [0.29, 0.717) is 6.54 Å². The van der Waals surface area contributed by atoms with E-state index in [1.54, 1.807) is 12.1 Å². The molecule has 2 aliphatic rings. The van der Waals surface area contributed by atoms with Crippen molar-refractivity contribution in [2.75, 3.05) is 13.6 Å². The SMILES string of the molecule is C=CC1(C)CCN2C(=O)N(C)N=C(c3ccccc3)N21. The minimum atomic E-state index is -0.286. The molecule has 3 rings (SSSR count). The molecule has 0 aromatic heterocycles. The van der Waals surface area contributed by atoms with Crippen molar-refractivity contribution >= 4 is 11.9 Å². The topological polar surface area (TPSA) is 39.2 Å². The van der Waals surface area contributed by atoms with E-state index in [-0.39, 0.29) is 11.6 Å². The smallest absolute Gasteiger partial charge is 0.252 e. The van der Waals surface area contributed by atoms with Crippen LogP contribution < -0.4 is 0 Å². The van der Waals surface area contributed by atoms with Gasteiger partial charge < -0.3 is 0 Å². The van der Waals surface area contributed by atoms with Gasteiger partial charge in [-0.05, 0) is 13.3 Å². The maximum atomic E-state index is 12.3. The van der Waals surface area contributed by atoms with Crippen molar-refractivity contribution in [2.45, 2.75) is 18.9 Å². The monoisotopic (exact) mass is 270 g/mol. The summed E-state index contributed by atoms with van der Waals surface area (Å²) in [4.78, 5) is 12.3. The highest BCUT2D eigenvalue weighted by molar-refractivity contribution is 6.02. The summed E-state index contributed by atoms with van der Waals surface area (Å²) >= 11 is 0. The lowest BCUT2D eigenvalue weighted by Crippen LogP contribution is -2.58. The summed E-state index contributed by atoms with van der Waals surface area (Å²) < 4.78 is 0. The predicted octanol–water partition coefficient (Wildman–Crippen LogP) is 2.28. The molecule has 20 heavy (non-hydrogen) atoms. The lowest BCUT2D eigenvalue weighted by molar-refractivity contribution is 0.0492. The molecule has 0 aliphatic carbocycles. The van der Waals surface area contributed by atoms with E-state index in [2.05, 4.69) is 18.6 Å². The highest BCUT2D eigenvalue weighted by atomic mass is 16.2. The van der Waals surface area contributed by atoms with Crippen LogP contribution in [0.5, 0.6) is 0 Å². The third-order valence-electron chi connectivity index (χ3n) is 3.97. The molecule has 0 saturated carbocycles. The molecular formula is C15H18N4O. The summed E-state index contributed by atoms with van der Waals surface area (Å²) in [7, 11) is 1.69. The number of amidine groups is 1. The molecule has 104 valence electrons. The average molecular weight is 270 g/mol. The molecule has 1 aromatic carbocycles. The normalized spacial score (nSPS) is 25.6. The van der Waals surface area contributed by atoms with Crippen LogP contribution >= 0.6 is 0 Å². The minimum Gasteiger partial charge on any atom is -0.252 e. The summed E-state index contributed by atoms with van der Waals surface area (Å²) in [6.45, 7) is 6.69. The lowest BCUT2D eigenvalue weighted by atomic mass is 9.98. The quantitative estimate of drug-likeness (QED) is 0.773. The second-order valence-electron chi connectivity index (χ2n) is 5.34. The Labute approximate surface area is 118 Å². The Morgan fingerprint density at radius 2 is 2.05 bits per heavy atom. The molecule has 0 spiro atoms. The molecule has 0 N–H and O–H groups in total. The number of hydrogen-bond donors (Lipinski definition) is 0. The summed E-state index contributed by atoms with van der Waals surface area (Å²) in [5.74, 6) is 0.785. The van der Waals surface area contributed by atoms with Gasteiger partial charge in [0.2, 0.25) is 0 Å². The molecule has 1 saturated heterocycles. The second kappa shape index (κ2) is 4.37. The number of urea groups is 1. The van der Waals surface area contributed by atoms with Crippen LogP contribution in [0.2, 0.25) is 0 Å². The van der Waals surface area contributed by atoms with Crippen LogP contribution in [0.3, 0.4) is 0 Å². The number of carbonyl (C=O) groups is 1. The molecular weight excluding hydrogens is 252 g/mol. The first kappa shape index (κ1) is 12.7. The number of carbonyl (C=O) groups excluding carboxylic acids is 1. The standard InChI is InChI=1S/C15H18N4O/c1-4-15(2)10-11-18-14(20)17(3)16-13(19(15)18)12-8-6-5-7-9-12/h4-9H,1,10-11H2,2-3H3. The summed E-state index contributed by atoms with van der Waals surface area (Å²) in [5, 5.41) is 9.57. The molecule has 0 bridgehead atoms. The van der Waals surface area contributed by atoms with Crippen molar-refractivity contribution < 1.29 is 4.79 Å². The molecule has 2 aliphatic heterocycles. The van der Waals surface area contributed by atoms with Crippen molar-refractivity contribution in [1.82, 2.24) is 15.0 Å². The maximum absolute atomic E-state index is 12.3. The molecule has 5 heteroatoms. The van der Waals surface area contributed by atoms with E-state index >= 15 is 0 Å². The Morgan fingerprint density at radius 3 is 2.70 bits per heavy atom. The molecule has 5 nitrogen and oxygen atoms in total. The predicted molar refractivity (Wildman–Crippen MR) is 77.9 cm³/mol. The van der Waals surface area contributed by atoms with Gasteiger partial charge in [0.1, 0.15) is 0 Å². The van der Waals surface area contributed by atoms with E-state index in [1.165, 1.54) is 5.01 Å². The number of nitrogens with zero attached hydrogens (tertiary/aromatic N) is 4. The largest absolute Gasteiger partial charge is 0.359 e. The Balaban J connectivity index is 2.13. The number of hydrogen-bond acceptors (Lipinski definition) is 3. The van der Waals surface area contributed by atoms with E-state index in [0.717, 1.165) is 17.8 Å². The number of hydrazone groups is 1. The highest BCUT2D eigenvalue weighted by Crippen LogP contribution is 2.35. The van der Waals surface area contributed by atoms with Gasteiger partial charge in [-0.2, -0.15) is 0 Å². The third kappa shape index (κ3) is 1.70. The van der Waals surface area contributed by atoms with Crippen LogP contribution in [-0.2, 0) is 0 Å². The Hall–Kier alpha value is -2.30. The molecule has 0 radical (unpaired) electrons. The van der Waals surface area contributed by atoms with Gasteiger partial charge in [0.15, 0.2) is 5.84 Å². The lowest BCUT2D eigenvalue weighted by Gasteiger charge is -2.43. The van der Waals surface area contributed by atoms with Gasteiger partial charge in [-0.1, -0.05) is 36.4 Å². The Kier molecular flexibility index (Phi) is 2.78. The molecule has 1 fully saturated rings. The van der Waals surface area contributed by atoms with E-state index in [9.17, 15) is 4.79 Å². The van der Waals surface area contributed by atoms with Gasteiger partial charge in [0.05, 0.1) is 5.54 Å². The minimum absolute atomic E-state index is 0.102. The Morgan fingerprint density at radius 1 is 1.35 bits per heavy atom. The number of hydrazine groups is 1. The molecule has 1 unspecified atom stereocenters. The van der Waals surface area contributed by atoms with Gasteiger partial charge in [-0.15, -0.1) is 11.7 Å². The summed E-state index contributed by atoms with van der Waals surface area (Å²) in [6, 6.07) is 9.82. The van der Waals surface area contributed by atoms with E-state index < -0.39 is 0 Å². The summed E-state index contributed by atoms with van der Waals surface area (Å²) in [6.07, 6.45) is 2.74. The van der Waals surface area contributed by atoms with Crippen LogP contribution in [0.25, 0.3) is 0 Å².